The van der Waals surface area contributed by atoms with E-state index in [1.165, 1.54) is 11.1 Å². The lowest BCUT2D eigenvalue weighted by Gasteiger charge is -2.25. The SMILES string of the molecule is C[n+]1ccc(/C=C/c2ccc(-c3ccc(N(c4ccccc4)c4ccccc4)cc3)cc2)nc1. The topological polar surface area (TPSA) is 20.0 Å². The second kappa shape index (κ2) is 9.97. The summed E-state index contributed by atoms with van der Waals surface area (Å²) >= 11 is 0. The van der Waals surface area contributed by atoms with Crippen LogP contribution in [0.5, 0.6) is 0 Å². The molecule has 5 aromatic rings. The van der Waals surface area contributed by atoms with Crippen molar-refractivity contribution in [3.63, 3.8) is 0 Å². The fourth-order valence-electron chi connectivity index (χ4n) is 3.90. The lowest BCUT2D eigenvalue weighted by Crippen LogP contribution is -2.27. The van der Waals surface area contributed by atoms with Gasteiger partial charge in [0.1, 0.15) is 0 Å². The molecule has 164 valence electrons. The van der Waals surface area contributed by atoms with E-state index in [-0.39, 0.29) is 0 Å². The zero-order valence-corrected chi connectivity index (χ0v) is 19.1. The molecule has 0 fully saturated rings. The van der Waals surface area contributed by atoms with Crippen molar-refractivity contribution < 1.29 is 4.57 Å². The molecule has 0 atom stereocenters. The molecule has 0 aliphatic rings. The maximum absolute atomic E-state index is 4.40. The monoisotopic (exact) mass is 440 g/mol. The van der Waals surface area contributed by atoms with Gasteiger partial charge in [-0.05, 0) is 64.1 Å². The van der Waals surface area contributed by atoms with Gasteiger partial charge in [-0.2, -0.15) is 0 Å². The molecule has 0 spiro atoms. The highest BCUT2D eigenvalue weighted by Gasteiger charge is 2.11. The van der Waals surface area contributed by atoms with Crippen LogP contribution < -0.4 is 9.47 Å². The number of aryl methyl sites for hydroxylation is 1. The second-order valence-corrected chi connectivity index (χ2v) is 8.16. The Labute approximate surface area is 200 Å². The van der Waals surface area contributed by atoms with Crippen molar-refractivity contribution in [3.05, 3.63) is 139 Å². The van der Waals surface area contributed by atoms with E-state index < -0.39 is 0 Å². The minimum atomic E-state index is 0.944. The molecule has 0 amide bonds. The third-order valence-corrected chi connectivity index (χ3v) is 5.71. The number of hydrogen-bond acceptors (Lipinski definition) is 2. The predicted octanol–water partition coefficient (Wildman–Crippen LogP) is 7.21. The lowest BCUT2D eigenvalue weighted by molar-refractivity contribution is -0.674. The fourth-order valence-corrected chi connectivity index (χ4v) is 3.90. The number of nitrogens with zero attached hydrogens (tertiary/aromatic N) is 3. The van der Waals surface area contributed by atoms with Gasteiger partial charge in [0.15, 0.2) is 5.69 Å². The number of anilines is 3. The van der Waals surface area contributed by atoms with Gasteiger partial charge in [0.05, 0.1) is 13.2 Å². The van der Waals surface area contributed by atoms with Gasteiger partial charge in [0.2, 0.25) is 0 Å². The summed E-state index contributed by atoms with van der Waals surface area (Å²) in [7, 11) is 1.96. The Morgan fingerprint density at radius 2 is 1.12 bits per heavy atom. The number of hydrogen-bond donors (Lipinski definition) is 0. The zero-order valence-electron chi connectivity index (χ0n) is 19.1. The minimum absolute atomic E-state index is 0.944. The zero-order chi connectivity index (χ0) is 23.2. The van der Waals surface area contributed by atoms with Crippen LogP contribution in [0.2, 0.25) is 0 Å². The van der Waals surface area contributed by atoms with Crippen LogP contribution >= 0.6 is 0 Å². The van der Waals surface area contributed by atoms with Crippen LogP contribution in [-0.4, -0.2) is 4.98 Å². The number of benzene rings is 4. The summed E-state index contributed by atoms with van der Waals surface area (Å²) in [5.41, 5.74) is 7.88. The molecule has 0 N–H and O–H groups in total. The average Bonchev–Trinajstić information content (AvgIpc) is 2.91. The summed E-state index contributed by atoms with van der Waals surface area (Å²) in [6.07, 6.45) is 7.93. The van der Waals surface area contributed by atoms with Crippen LogP contribution in [-0.2, 0) is 7.05 Å². The van der Waals surface area contributed by atoms with E-state index >= 15 is 0 Å². The van der Waals surface area contributed by atoms with Gasteiger partial charge < -0.3 is 4.90 Å². The summed E-state index contributed by atoms with van der Waals surface area (Å²) in [6.45, 7) is 0. The molecule has 0 saturated carbocycles. The Hall–Kier alpha value is -4.50. The van der Waals surface area contributed by atoms with Gasteiger partial charge in [-0.15, -0.1) is 0 Å². The summed E-state index contributed by atoms with van der Waals surface area (Å²) in [4.78, 5) is 6.67. The summed E-state index contributed by atoms with van der Waals surface area (Å²) < 4.78 is 1.93. The molecule has 0 bridgehead atoms. The maximum atomic E-state index is 4.40. The van der Waals surface area contributed by atoms with E-state index in [1.807, 2.05) is 48.4 Å². The highest BCUT2D eigenvalue weighted by Crippen LogP contribution is 2.35. The van der Waals surface area contributed by atoms with Crippen LogP contribution in [0, 0.1) is 0 Å². The maximum Gasteiger partial charge on any atom is 0.286 e. The Bertz CT molecular complexity index is 1320. The Kier molecular flexibility index (Phi) is 6.26. The van der Waals surface area contributed by atoms with Gasteiger partial charge in [-0.25, -0.2) is 4.57 Å². The first-order chi connectivity index (χ1) is 16.8. The van der Waals surface area contributed by atoms with Crippen molar-refractivity contribution in [1.82, 2.24) is 4.98 Å². The smallest absolute Gasteiger partial charge is 0.286 e. The number of aromatic nitrogens is 2. The van der Waals surface area contributed by atoms with Crippen LogP contribution in [0.25, 0.3) is 23.3 Å². The Morgan fingerprint density at radius 1 is 0.588 bits per heavy atom. The van der Waals surface area contributed by atoms with E-state index in [9.17, 15) is 0 Å². The van der Waals surface area contributed by atoms with Gasteiger partial charge in [0, 0.05) is 23.1 Å². The molecule has 1 heterocycles. The van der Waals surface area contributed by atoms with Crippen LogP contribution in [0.15, 0.2) is 128 Å². The normalized spacial score (nSPS) is 11.0. The van der Waals surface area contributed by atoms with Crippen LogP contribution in [0.3, 0.4) is 0 Å². The predicted molar refractivity (Wildman–Crippen MR) is 141 cm³/mol. The first-order valence-electron chi connectivity index (χ1n) is 11.4. The molecule has 0 saturated heterocycles. The summed E-state index contributed by atoms with van der Waals surface area (Å²) in [5.74, 6) is 0. The van der Waals surface area contributed by atoms with E-state index in [0.29, 0.717) is 0 Å². The third-order valence-electron chi connectivity index (χ3n) is 5.71. The highest BCUT2D eigenvalue weighted by atomic mass is 15.1. The van der Waals surface area contributed by atoms with Crippen molar-refractivity contribution in [1.29, 1.82) is 0 Å². The molecule has 3 heteroatoms. The molecule has 4 aromatic carbocycles. The summed E-state index contributed by atoms with van der Waals surface area (Å²) in [5, 5.41) is 0. The van der Waals surface area contributed by atoms with Gasteiger partial charge in [0.25, 0.3) is 6.33 Å². The van der Waals surface area contributed by atoms with Crippen molar-refractivity contribution in [2.24, 2.45) is 7.05 Å². The molecule has 34 heavy (non-hydrogen) atoms. The number of rotatable bonds is 6. The van der Waals surface area contributed by atoms with Gasteiger partial charge >= 0.3 is 0 Å². The van der Waals surface area contributed by atoms with E-state index in [1.54, 1.807) is 0 Å². The van der Waals surface area contributed by atoms with Crippen LogP contribution in [0.1, 0.15) is 11.3 Å². The Balaban J connectivity index is 1.37. The molecule has 1 aromatic heterocycles. The fraction of sp³-hybridized carbons (Fsp3) is 0.0323. The quantitative estimate of drug-likeness (QED) is 0.260. The summed E-state index contributed by atoms with van der Waals surface area (Å²) in [6, 6.07) is 40.3. The number of para-hydroxylation sites is 2. The standard InChI is InChI=1S/C31H26N3/c1-33-23-22-28(32-24-33)19-14-25-12-15-26(16-13-25)27-17-20-31(21-18-27)34(29-8-4-2-5-9-29)30-10-6-3-7-11-30/h2-24H,1H3/q+1. The van der Waals surface area contributed by atoms with Gasteiger partial charge in [-0.1, -0.05) is 78.9 Å². The lowest BCUT2D eigenvalue weighted by atomic mass is 10.0. The van der Waals surface area contributed by atoms with Crippen molar-refractivity contribution in [2.75, 3.05) is 4.90 Å². The molecule has 3 nitrogen and oxygen atoms in total. The van der Waals surface area contributed by atoms with E-state index in [4.69, 9.17) is 0 Å². The minimum Gasteiger partial charge on any atom is -0.311 e. The molecular formula is C31H26N3+. The van der Waals surface area contributed by atoms with Crippen molar-refractivity contribution in [3.8, 4) is 11.1 Å². The van der Waals surface area contributed by atoms with E-state index in [0.717, 1.165) is 28.3 Å². The molecule has 0 unspecified atom stereocenters. The highest BCUT2D eigenvalue weighted by molar-refractivity contribution is 5.78. The molecule has 0 aliphatic carbocycles. The largest absolute Gasteiger partial charge is 0.311 e. The second-order valence-electron chi connectivity index (χ2n) is 8.16. The first-order valence-corrected chi connectivity index (χ1v) is 11.4. The van der Waals surface area contributed by atoms with Gasteiger partial charge in [-0.3, -0.25) is 0 Å². The molecule has 0 aliphatic heterocycles. The van der Waals surface area contributed by atoms with E-state index in [2.05, 4.69) is 113 Å². The first kappa shape index (κ1) is 21.4. The Morgan fingerprint density at radius 3 is 1.65 bits per heavy atom. The average molecular weight is 441 g/mol. The molecular weight excluding hydrogens is 414 g/mol. The van der Waals surface area contributed by atoms with Crippen molar-refractivity contribution in [2.45, 2.75) is 0 Å². The third kappa shape index (κ3) is 4.94. The molecule has 5 rings (SSSR count). The van der Waals surface area contributed by atoms with Crippen molar-refractivity contribution >= 4 is 29.2 Å². The van der Waals surface area contributed by atoms with Crippen LogP contribution in [0.4, 0.5) is 17.1 Å². The molecule has 0 radical (unpaired) electrons.